The van der Waals surface area contributed by atoms with E-state index in [1.54, 1.807) is 30.3 Å². The quantitative estimate of drug-likeness (QED) is 0.321. The molecule has 7 heteroatoms. The highest BCUT2D eigenvalue weighted by molar-refractivity contribution is 7.98. The van der Waals surface area contributed by atoms with Gasteiger partial charge in [0.15, 0.2) is 5.16 Å². The van der Waals surface area contributed by atoms with E-state index in [0.29, 0.717) is 39.6 Å². The maximum Gasteiger partial charge on any atom is 0.266 e. The fourth-order valence-electron chi connectivity index (χ4n) is 3.31. The van der Waals surface area contributed by atoms with Gasteiger partial charge in [-0.05, 0) is 48.4 Å². The predicted octanol–water partition coefficient (Wildman–Crippen LogP) is 4.96. The fourth-order valence-corrected chi connectivity index (χ4v) is 4.28. The molecule has 0 saturated heterocycles. The molecule has 0 saturated carbocycles. The first-order valence-corrected chi connectivity index (χ1v) is 11.3. The molecule has 1 aromatic heterocycles. The van der Waals surface area contributed by atoms with Crippen LogP contribution in [0.25, 0.3) is 16.6 Å². The molecule has 4 rings (SSSR count). The monoisotopic (exact) mass is 447 g/mol. The summed E-state index contributed by atoms with van der Waals surface area (Å²) in [7, 11) is 0. The molecule has 0 unspecified atom stereocenters. The number of carbonyl (C=O) groups is 1. The third-order valence-corrected chi connectivity index (χ3v) is 5.92. The van der Waals surface area contributed by atoms with Gasteiger partial charge >= 0.3 is 0 Å². The van der Waals surface area contributed by atoms with Crippen molar-refractivity contribution in [2.45, 2.75) is 24.3 Å². The molecule has 4 aromatic rings. The van der Waals surface area contributed by atoms with Gasteiger partial charge in [-0.25, -0.2) is 9.37 Å². The summed E-state index contributed by atoms with van der Waals surface area (Å²) >= 11 is 1.39. The number of fused-ring (bicyclic) bond motifs is 1. The van der Waals surface area contributed by atoms with Gasteiger partial charge in [-0.15, -0.1) is 0 Å². The number of thioether (sulfide) groups is 1. The van der Waals surface area contributed by atoms with E-state index in [1.807, 2.05) is 37.3 Å². The first-order chi connectivity index (χ1) is 15.6. The van der Waals surface area contributed by atoms with Crippen molar-refractivity contribution in [3.05, 3.63) is 100 Å². The Hall–Kier alpha value is -3.45. The van der Waals surface area contributed by atoms with Gasteiger partial charge in [-0.1, -0.05) is 55.1 Å². The number of nitrogens with zero attached hydrogens (tertiary/aromatic N) is 2. The zero-order valence-electron chi connectivity index (χ0n) is 17.5. The number of hydrogen-bond acceptors (Lipinski definition) is 4. The van der Waals surface area contributed by atoms with Crippen LogP contribution in [0.15, 0.2) is 82.7 Å². The zero-order valence-corrected chi connectivity index (χ0v) is 18.4. The largest absolute Gasteiger partial charge is 0.352 e. The number of benzene rings is 3. The second-order valence-corrected chi connectivity index (χ2v) is 8.22. The molecule has 1 heterocycles. The van der Waals surface area contributed by atoms with Gasteiger partial charge in [-0.3, -0.25) is 14.2 Å². The normalized spacial score (nSPS) is 10.9. The molecule has 0 aliphatic rings. The molecule has 0 atom stereocenters. The van der Waals surface area contributed by atoms with Crippen molar-refractivity contribution >= 4 is 28.6 Å². The minimum Gasteiger partial charge on any atom is -0.352 e. The topological polar surface area (TPSA) is 64.0 Å². The van der Waals surface area contributed by atoms with Crippen LogP contribution in [0.2, 0.25) is 0 Å². The van der Waals surface area contributed by atoms with E-state index in [9.17, 15) is 14.0 Å². The second-order valence-electron chi connectivity index (χ2n) is 7.28. The lowest BCUT2D eigenvalue weighted by atomic mass is 10.1. The van der Waals surface area contributed by atoms with Crippen LogP contribution >= 0.6 is 11.8 Å². The summed E-state index contributed by atoms with van der Waals surface area (Å²) in [6.45, 7) is 2.55. The second kappa shape index (κ2) is 9.78. The number of rotatable bonds is 7. The fraction of sp³-hybridized carbons (Fsp3) is 0.160. The van der Waals surface area contributed by atoms with Crippen LogP contribution in [-0.2, 0) is 5.75 Å². The van der Waals surface area contributed by atoms with Crippen molar-refractivity contribution in [2.24, 2.45) is 0 Å². The van der Waals surface area contributed by atoms with Crippen LogP contribution in [0.1, 0.15) is 29.3 Å². The summed E-state index contributed by atoms with van der Waals surface area (Å²) in [6, 6.07) is 20.6. The van der Waals surface area contributed by atoms with Crippen molar-refractivity contribution in [3.63, 3.8) is 0 Å². The highest BCUT2D eigenvalue weighted by atomic mass is 32.2. The van der Waals surface area contributed by atoms with Crippen LogP contribution in [0.3, 0.4) is 0 Å². The van der Waals surface area contributed by atoms with Gasteiger partial charge in [0.25, 0.3) is 11.5 Å². The van der Waals surface area contributed by atoms with Gasteiger partial charge in [0.2, 0.25) is 0 Å². The van der Waals surface area contributed by atoms with E-state index in [1.165, 1.54) is 28.5 Å². The van der Waals surface area contributed by atoms with Crippen molar-refractivity contribution in [1.82, 2.24) is 14.9 Å². The van der Waals surface area contributed by atoms with Gasteiger partial charge in [0.05, 0.1) is 16.6 Å². The standard InChI is InChI=1S/C25H22FN3O2S/c1-2-13-27-23(30)18-11-12-21-22(14-18)28-25(32-16-17-7-4-3-5-8-17)29(24(21)31)20-10-6-9-19(26)15-20/h3-12,14-15H,2,13,16H2,1H3,(H,27,30). The Bertz CT molecular complexity index is 1320. The Morgan fingerprint density at radius 2 is 1.88 bits per heavy atom. The number of amides is 1. The minimum atomic E-state index is -0.434. The first-order valence-electron chi connectivity index (χ1n) is 10.3. The lowest BCUT2D eigenvalue weighted by molar-refractivity contribution is 0.0954. The van der Waals surface area contributed by atoms with Gasteiger partial charge in [0.1, 0.15) is 5.82 Å². The average Bonchev–Trinajstić information content (AvgIpc) is 2.81. The summed E-state index contributed by atoms with van der Waals surface area (Å²) in [6.07, 6.45) is 0.830. The Morgan fingerprint density at radius 1 is 1.06 bits per heavy atom. The molecule has 0 aliphatic heterocycles. The van der Waals surface area contributed by atoms with E-state index in [2.05, 4.69) is 5.32 Å². The lowest BCUT2D eigenvalue weighted by Gasteiger charge is -2.14. The van der Waals surface area contributed by atoms with Crippen molar-refractivity contribution in [3.8, 4) is 5.69 Å². The molecule has 0 aliphatic carbocycles. The maximum absolute atomic E-state index is 13.9. The van der Waals surface area contributed by atoms with Gasteiger partial charge < -0.3 is 5.32 Å². The highest BCUT2D eigenvalue weighted by Crippen LogP contribution is 2.25. The molecular weight excluding hydrogens is 425 g/mol. The van der Waals surface area contributed by atoms with Crippen LogP contribution in [0.5, 0.6) is 0 Å². The van der Waals surface area contributed by atoms with Gasteiger partial charge in [0, 0.05) is 17.9 Å². The van der Waals surface area contributed by atoms with E-state index in [-0.39, 0.29) is 11.5 Å². The summed E-state index contributed by atoms with van der Waals surface area (Å²) in [5.41, 5.74) is 2.05. The molecule has 1 amide bonds. The molecule has 0 fully saturated rings. The molecule has 32 heavy (non-hydrogen) atoms. The SMILES string of the molecule is CCCNC(=O)c1ccc2c(=O)n(-c3cccc(F)c3)c(SCc3ccccc3)nc2c1. The lowest BCUT2D eigenvalue weighted by Crippen LogP contribution is -2.25. The van der Waals surface area contributed by atoms with Crippen LogP contribution in [0, 0.1) is 5.82 Å². The van der Waals surface area contributed by atoms with Crippen molar-refractivity contribution in [2.75, 3.05) is 6.54 Å². The third-order valence-electron chi connectivity index (χ3n) is 4.91. The number of carbonyl (C=O) groups excluding carboxylic acids is 1. The Labute approximate surface area is 189 Å². The summed E-state index contributed by atoms with van der Waals surface area (Å²) in [4.78, 5) is 30.5. The average molecular weight is 448 g/mol. The molecule has 0 bridgehead atoms. The van der Waals surface area contributed by atoms with Crippen LogP contribution in [-0.4, -0.2) is 22.0 Å². The zero-order chi connectivity index (χ0) is 22.5. The number of aromatic nitrogens is 2. The summed E-state index contributed by atoms with van der Waals surface area (Å²) in [5.74, 6) is -0.0510. The van der Waals surface area contributed by atoms with Crippen molar-refractivity contribution < 1.29 is 9.18 Å². The first kappa shape index (κ1) is 21.8. The molecule has 0 spiro atoms. The number of nitrogens with one attached hydrogen (secondary N) is 1. The summed E-state index contributed by atoms with van der Waals surface area (Å²) in [5, 5.41) is 3.64. The van der Waals surface area contributed by atoms with Crippen LogP contribution in [0.4, 0.5) is 4.39 Å². The van der Waals surface area contributed by atoms with Crippen LogP contribution < -0.4 is 10.9 Å². The molecule has 1 N–H and O–H groups in total. The van der Waals surface area contributed by atoms with E-state index in [4.69, 9.17) is 4.98 Å². The number of hydrogen-bond donors (Lipinski definition) is 1. The molecule has 3 aromatic carbocycles. The molecule has 5 nitrogen and oxygen atoms in total. The minimum absolute atomic E-state index is 0.205. The van der Waals surface area contributed by atoms with Gasteiger partial charge in [-0.2, -0.15) is 0 Å². The third kappa shape index (κ3) is 4.73. The molecule has 162 valence electrons. The van der Waals surface area contributed by atoms with E-state index in [0.717, 1.165) is 12.0 Å². The predicted molar refractivity (Wildman–Crippen MR) is 126 cm³/mol. The summed E-state index contributed by atoms with van der Waals surface area (Å²) < 4.78 is 15.4. The Balaban J connectivity index is 1.82. The maximum atomic E-state index is 13.9. The van der Waals surface area contributed by atoms with Crippen molar-refractivity contribution in [1.29, 1.82) is 0 Å². The Morgan fingerprint density at radius 3 is 2.62 bits per heavy atom. The molecular formula is C25H22FN3O2S. The van der Waals surface area contributed by atoms with E-state index >= 15 is 0 Å². The molecule has 0 radical (unpaired) electrons. The number of halogens is 1. The smallest absolute Gasteiger partial charge is 0.266 e. The van der Waals surface area contributed by atoms with E-state index < -0.39 is 5.82 Å². The highest BCUT2D eigenvalue weighted by Gasteiger charge is 2.16. The Kier molecular flexibility index (Phi) is 6.66.